The Kier molecular flexibility index (Phi) is 4.67. The fourth-order valence-corrected chi connectivity index (χ4v) is 2.78. The minimum absolute atomic E-state index is 0.0180. The number of ether oxygens (including phenoxy) is 1. The second kappa shape index (κ2) is 6.91. The highest BCUT2D eigenvalue weighted by atomic mass is 35.5. The number of imide groups is 1. The Morgan fingerprint density at radius 1 is 1.16 bits per heavy atom. The van der Waals surface area contributed by atoms with E-state index in [1.807, 2.05) is 0 Å². The molecule has 1 aliphatic heterocycles. The molecule has 3 rings (SSSR count). The zero-order valence-electron chi connectivity index (χ0n) is 13.4. The Balaban J connectivity index is 1.86. The van der Waals surface area contributed by atoms with Gasteiger partial charge in [0.15, 0.2) is 0 Å². The number of hydrogen-bond donors (Lipinski definition) is 0. The second-order valence-electron chi connectivity index (χ2n) is 5.47. The predicted octanol–water partition coefficient (Wildman–Crippen LogP) is 3.47. The number of hydrogen-bond acceptors (Lipinski definition) is 4. The average Bonchev–Trinajstić information content (AvgIpc) is 2.88. The summed E-state index contributed by atoms with van der Waals surface area (Å²) < 4.78 is 4.64. The summed E-state index contributed by atoms with van der Waals surface area (Å²) in [6, 6.07) is 13.2. The number of benzene rings is 2. The van der Waals surface area contributed by atoms with Crippen molar-refractivity contribution in [2.75, 3.05) is 12.0 Å². The van der Waals surface area contributed by atoms with Crippen molar-refractivity contribution in [2.45, 2.75) is 6.42 Å². The van der Waals surface area contributed by atoms with Gasteiger partial charge >= 0.3 is 5.97 Å². The van der Waals surface area contributed by atoms with Crippen molar-refractivity contribution in [2.24, 2.45) is 0 Å². The van der Waals surface area contributed by atoms with E-state index in [1.165, 1.54) is 7.11 Å². The van der Waals surface area contributed by atoms with Gasteiger partial charge in [-0.15, -0.1) is 0 Å². The summed E-state index contributed by atoms with van der Waals surface area (Å²) in [6.07, 6.45) is 1.66. The molecule has 1 heterocycles. The number of methoxy groups -OCH3 is 1. The Bertz CT molecular complexity index is 887. The number of halogens is 1. The Hall–Kier alpha value is -2.92. The number of anilines is 1. The molecule has 6 heteroatoms. The van der Waals surface area contributed by atoms with Gasteiger partial charge in [0.25, 0.3) is 5.91 Å². The van der Waals surface area contributed by atoms with Gasteiger partial charge in [-0.3, -0.25) is 9.59 Å². The van der Waals surface area contributed by atoms with E-state index >= 15 is 0 Å². The van der Waals surface area contributed by atoms with Crippen LogP contribution in [-0.4, -0.2) is 24.9 Å². The first-order valence-corrected chi connectivity index (χ1v) is 7.89. The van der Waals surface area contributed by atoms with Gasteiger partial charge in [0.05, 0.1) is 24.8 Å². The van der Waals surface area contributed by atoms with Crippen molar-refractivity contribution >= 4 is 41.1 Å². The number of nitrogens with zero attached hydrogens (tertiary/aromatic N) is 1. The van der Waals surface area contributed by atoms with E-state index in [0.717, 1.165) is 10.5 Å². The third-order valence-corrected chi connectivity index (χ3v) is 4.04. The van der Waals surface area contributed by atoms with Crippen LogP contribution in [0.3, 0.4) is 0 Å². The number of rotatable bonds is 3. The fraction of sp³-hybridized carbons (Fsp3) is 0.105. The summed E-state index contributed by atoms with van der Waals surface area (Å²) in [7, 11) is 1.31. The van der Waals surface area contributed by atoms with Gasteiger partial charge < -0.3 is 4.74 Å². The van der Waals surface area contributed by atoms with Crippen LogP contribution in [0.1, 0.15) is 22.3 Å². The quantitative estimate of drug-likeness (QED) is 0.480. The SMILES string of the molecule is COC(=O)c1ccc(C=C2CC(=O)N(c3cccc(Cl)c3)C2=O)cc1. The molecule has 2 amide bonds. The topological polar surface area (TPSA) is 63.7 Å². The molecule has 0 spiro atoms. The minimum Gasteiger partial charge on any atom is -0.465 e. The molecule has 0 unspecified atom stereocenters. The molecule has 0 atom stereocenters. The van der Waals surface area contributed by atoms with E-state index in [0.29, 0.717) is 21.8 Å². The highest BCUT2D eigenvalue weighted by Crippen LogP contribution is 2.29. The molecule has 126 valence electrons. The lowest BCUT2D eigenvalue weighted by atomic mass is 10.1. The third-order valence-electron chi connectivity index (χ3n) is 3.81. The van der Waals surface area contributed by atoms with Crippen molar-refractivity contribution in [3.8, 4) is 0 Å². The first kappa shape index (κ1) is 16.9. The number of esters is 1. The van der Waals surface area contributed by atoms with E-state index < -0.39 is 5.97 Å². The summed E-state index contributed by atoms with van der Waals surface area (Å²) in [5, 5.41) is 0.453. The summed E-state index contributed by atoms with van der Waals surface area (Å²) >= 11 is 5.94. The van der Waals surface area contributed by atoms with E-state index in [9.17, 15) is 14.4 Å². The molecule has 1 aliphatic rings. The van der Waals surface area contributed by atoms with E-state index in [-0.39, 0.29) is 18.2 Å². The van der Waals surface area contributed by atoms with Crippen LogP contribution in [0, 0.1) is 0 Å². The van der Waals surface area contributed by atoms with Crippen molar-refractivity contribution in [3.63, 3.8) is 0 Å². The predicted molar refractivity (Wildman–Crippen MR) is 94.3 cm³/mol. The van der Waals surface area contributed by atoms with Gasteiger partial charge in [-0.25, -0.2) is 9.69 Å². The van der Waals surface area contributed by atoms with Crippen molar-refractivity contribution in [3.05, 3.63) is 70.3 Å². The normalized spacial score (nSPS) is 15.8. The summed E-state index contributed by atoms with van der Waals surface area (Å²) in [6.45, 7) is 0. The lowest BCUT2D eigenvalue weighted by Crippen LogP contribution is -2.28. The molecule has 1 fully saturated rings. The van der Waals surface area contributed by atoms with Crippen LogP contribution < -0.4 is 4.90 Å². The number of carbonyl (C=O) groups excluding carboxylic acids is 3. The van der Waals surface area contributed by atoms with Crippen molar-refractivity contribution < 1.29 is 19.1 Å². The van der Waals surface area contributed by atoms with Crippen LogP contribution >= 0.6 is 11.6 Å². The molecule has 2 aromatic carbocycles. The van der Waals surface area contributed by atoms with Crippen molar-refractivity contribution in [1.29, 1.82) is 0 Å². The Labute approximate surface area is 149 Å². The maximum absolute atomic E-state index is 12.6. The molecule has 0 aliphatic carbocycles. The smallest absolute Gasteiger partial charge is 0.337 e. The molecule has 0 bridgehead atoms. The minimum atomic E-state index is -0.432. The molecule has 5 nitrogen and oxygen atoms in total. The molecule has 0 radical (unpaired) electrons. The molecular weight excluding hydrogens is 342 g/mol. The molecular formula is C19H14ClNO4. The number of amides is 2. The highest BCUT2D eigenvalue weighted by molar-refractivity contribution is 6.32. The summed E-state index contributed by atoms with van der Waals surface area (Å²) in [5.41, 5.74) is 1.97. The van der Waals surface area contributed by atoms with Gasteiger partial charge in [0, 0.05) is 10.6 Å². The van der Waals surface area contributed by atoms with Crippen molar-refractivity contribution in [1.82, 2.24) is 0 Å². The lowest BCUT2D eigenvalue weighted by Gasteiger charge is -2.13. The monoisotopic (exact) mass is 355 g/mol. The summed E-state index contributed by atoms with van der Waals surface area (Å²) in [5.74, 6) is -1.10. The van der Waals surface area contributed by atoms with Crippen LogP contribution in [0.5, 0.6) is 0 Å². The Morgan fingerprint density at radius 2 is 1.88 bits per heavy atom. The molecule has 0 aromatic heterocycles. The van der Waals surface area contributed by atoms with Gasteiger partial charge in [-0.1, -0.05) is 29.8 Å². The molecule has 2 aromatic rings. The van der Waals surface area contributed by atoms with E-state index in [4.69, 9.17) is 11.6 Å². The lowest BCUT2D eigenvalue weighted by molar-refractivity contribution is -0.120. The van der Waals surface area contributed by atoms with Gasteiger partial charge in [0.1, 0.15) is 0 Å². The van der Waals surface area contributed by atoms with Gasteiger partial charge in [0.2, 0.25) is 5.91 Å². The zero-order valence-corrected chi connectivity index (χ0v) is 14.1. The van der Waals surface area contributed by atoms with Crippen LogP contribution in [0.15, 0.2) is 54.1 Å². The highest BCUT2D eigenvalue weighted by Gasteiger charge is 2.34. The first-order valence-electron chi connectivity index (χ1n) is 7.51. The van der Waals surface area contributed by atoms with Gasteiger partial charge in [-0.2, -0.15) is 0 Å². The molecule has 25 heavy (non-hydrogen) atoms. The fourth-order valence-electron chi connectivity index (χ4n) is 2.60. The van der Waals surface area contributed by atoms with E-state index in [2.05, 4.69) is 4.74 Å². The zero-order chi connectivity index (χ0) is 18.0. The standard InChI is InChI=1S/C19H14ClNO4/c1-25-19(24)13-7-5-12(6-8-13)9-14-10-17(22)21(18(14)23)16-4-2-3-15(20)11-16/h2-9,11H,10H2,1H3. The van der Waals surface area contributed by atoms with Gasteiger partial charge in [-0.05, 0) is 42.0 Å². The third kappa shape index (κ3) is 3.46. The van der Waals surface area contributed by atoms with Crippen LogP contribution in [0.4, 0.5) is 5.69 Å². The Morgan fingerprint density at radius 3 is 2.52 bits per heavy atom. The van der Waals surface area contributed by atoms with E-state index in [1.54, 1.807) is 54.6 Å². The van der Waals surface area contributed by atoms with Crippen LogP contribution in [0.25, 0.3) is 6.08 Å². The summed E-state index contributed by atoms with van der Waals surface area (Å²) in [4.78, 5) is 37.4. The first-order chi connectivity index (χ1) is 12.0. The molecule has 1 saturated heterocycles. The average molecular weight is 356 g/mol. The molecule has 0 saturated carbocycles. The van der Waals surface area contributed by atoms with Crippen LogP contribution in [0.2, 0.25) is 5.02 Å². The number of carbonyl (C=O) groups is 3. The molecule has 0 N–H and O–H groups in total. The van der Waals surface area contributed by atoms with Crippen LogP contribution in [-0.2, 0) is 14.3 Å². The second-order valence-corrected chi connectivity index (χ2v) is 5.91. The largest absolute Gasteiger partial charge is 0.465 e. The maximum atomic E-state index is 12.6. The maximum Gasteiger partial charge on any atom is 0.337 e.